The van der Waals surface area contributed by atoms with Gasteiger partial charge < -0.3 is 9.42 Å². The fourth-order valence-electron chi connectivity index (χ4n) is 2.95. The summed E-state index contributed by atoms with van der Waals surface area (Å²) >= 11 is 1.63. The van der Waals surface area contributed by atoms with Crippen LogP contribution >= 0.6 is 11.3 Å². The highest BCUT2D eigenvalue weighted by atomic mass is 32.1. The third-order valence-corrected chi connectivity index (χ3v) is 5.14. The highest BCUT2D eigenvalue weighted by molar-refractivity contribution is 7.10. The van der Waals surface area contributed by atoms with E-state index < -0.39 is 0 Å². The van der Waals surface area contributed by atoms with Gasteiger partial charge in [-0.1, -0.05) is 24.6 Å². The van der Waals surface area contributed by atoms with Crippen LogP contribution in [0.1, 0.15) is 55.1 Å². The summed E-state index contributed by atoms with van der Waals surface area (Å²) in [6.45, 7) is 3.68. The molecule has 3 heterocycles. The van der Waals surface area contributed by atoms with Crippen molar-refractivity contribution < 1.29 is 9.32 Å². The van der Waals surface area contributed by atoms with Crippen molar-refractivity contribution in [2.24, 2.45) is 0 Å². The lowest BCUT2D eigenvalue weighted by atomic mass is 9.97. The number of carbonyl (C=O) groups is 1. The van der Waals surface area contributed by atoms with Crippen molar-refractivity contribution in [1.29, 1.82) is 0 Å². The minimum atomic E-state index is 0.180. The first kappa shape index (κ1) is 16.2. The molecule has 1 amide bonds. The zero-order valence-electron chi connectivity index (χ0n) is 13.5. The zero-order chi connectivity index (χ0) is 16.1. The zero-order valence-corrected chi connectivity index (χ0v) is 14.3. The minimum Gasteiger partial charge on any atom is -0.342 e. The van der Waals surface area contributed by atoms with Gasteiger partial charge in [0.1, 0.15) is 0 Å². The molecule has 0 N–H and O–H groups in total. The van der Waals surface area contributed by atoms with E-state index in [-0.39, 0.29) is 11.8 Å². The Labute approximate surface area is 140 Å². The van der Waals surface area contributed by atoms with E-state index in [2.05, 4.69) is 17.1 Å². The van der Waals surface area contributed by atoms with Gasteiger partial charge in [0.05, 0.1) is 12.3 Å². The number of unbranched alkanes of at least 4 members (excludes halogenated alkanes) is 1. The lowest BCUT2D eigenvalue weighted by Crippen LogP contribution is -2.39. The van der Waals surface area contributed by atoms with Crippen LogP contribution in [0.15, 0.2) is 22.0 Å². The molecule has 1 saturated heterocycles. The molecule has 5 nitrogen and oxygen atoms in total. The van der Waals surface area contributed by atoms with E-state index in [0.717, 1.165) is 49.4 Å². The number of aromatic nitrogens is 2. The van der Waals surface area contributed by atoms with Gasteiger partial charge in [0.25, 0.3) is 0 Å². The van der Waals surface area contributed by atoms with Crippen LogP contribution in [-0.2, 0) is 17.6 Å². The average molecular weight is 333 g/mol. The van der Waals surface area contributed by atoms with Gasteiger partial charge >= 0.3 is 0 Å². The third-order valence-electron chi connectivity index (χ3n) is 4.27. The number of carbonyl (C=O) groups excluding carboxylic acids is 1. The van der Waals surface area contributed by atoms with Crippen molar-refractivity contribution in [1.82, 2.24) is 15.0 Å². The molecule has 0 radical (unpaired) electrons. The molecule has 124 valence electrons. The van der Waals surface area contributed by atoms with Crippen molar-refractivity contribution in [2.75, 3.05) is 13.1 Å². The van der Waals surface area contributed by atoms with Crippen molar-refractivity contribution in [3.8, 4) is 0 Å². The second-order valence-corrected chi connectivity index (χ2v) is 7.12. The molecule has 0 bridgehead atoms. The number of thiophene rings is 1. The molecule has 1 unspecified atom stereocenters. The van der Waals surface area contributed by atoms with E-state index in [1.54, 1.807) is 11.3 Å². The Morgan fingerprint density at radius 3 is 3.22 bits per heavy atom. The van der Waals surface area contributed by atoms with Crippen LogP contribution in [0.4, 0.5) is 0 Å². The Bertz CT molecular complexity index is 624. The van der Waals surface area contributed by atoms with Crippen LogP contribution in [0.2, 0.25) is 0 Å². The highest BCUT2D eigenvalue weighted by Gasteiger charge is 2.28. The van der Waals surface area contributed by atoms with Crippen molar-refractivity contribution in [3.05, 3.63) is 34.1 Å². The van der Waals surface area contributed by atoms with Gasteiger partial charge in [-0.3, -0.25) is 4.79 Å². The van der Waals surface area contributed by atoms with Gasteiger partial charge in [-0.05, 0) is 30.7 Å². The number of likely N-dealkylation sites (tertiary alicyclic amines) is 1. The average Bonchev–Trinajstić information content (AvgIpc) is 3.24. The monoisotopic (exact) mass is 333 g/mol. The van der Waals surface area contributed by atoms with Gasteiger partial charge in [-0.15, -0.1) is 11.3 Å². The molecule has 2 aromatic rings. The molecule has 6 heteroatoms. The molecule has 0 aliphatic carbocycles. The smallest absolute Gasteiger partial charge is 0.231 e. The molecule has 1 fully saturated rings. The van der Waals surface area contributed by atoms with Crippen molar-refractivity contribution in [2.45, 2.75) is 51.4 Å². The van der Waals surface area contributed by atoms with Gasteiger partial charge in [-0.2, -0.15) is 4.98 Å². The lowest BCUT2D eigenvalue weighted by molar-refractivity contribution is -0.131. The van der Waals surface area contributed by atoms with E-state index in [1.807, 2.05) is 22.4 Å². The highest BCUT2D eigenvalue weighted by Crippen LogP contribution is 2.26. The fraction of sp³-hybridized carbons (Fsp3) is 0.588. The Balaban J connectivity index is 1.59. The summed E-state index contributed by atoms with van der Waals surface area (Å²) < 4.78 is 5.44. The lowest BCUT2D eigenvalue weighted by Gasteiger charge is -2.31. The fourth-order valence-corrected chi connectivity index (χ4v) is 3.64. The summed E-state index contributed by atoms with van der Waals surface area (Å²) in [6, 6.07) is 4.00. The van der Waals surface area contributed by atoms with Gasteiger partial charge in [0.15, 0.2) is 5.82 Å². The van der Waals surface area contributed by atoms with Crippen LogP contribution in [0.3, 0.4) is 0 Å². The van der Waals surface area contributed by atoms with Crippen LogP contribution < -0.4 is 0 Å². The molecule has 3 rings (SSSR count). The second-order valence-electron chi connectivity index (χ2n) is 6.09. The van der Waals surface area contributed by atoms with E-state index in [0.29, 0.717) is 18.9 Å². The normalized spacial score (nSPS) is 18.3. The van der Waals surface area contributed by atoms with Crippen LogP contribution in [0, 0.1) is 0 Å². The first-order valence-corrected chi connectivity index (χ1v) is 9.27. The maximum atomic E-state index is 12.5. The van der Waals surface area contributed by atoms with Crippen LogP contribution in [-0.4, -0.2) is 34.0 Å². The molecule has 23 heavy (non-hydrogen) atoms. The Kier molecular flexibility index (Phi) is 5.43. The molecule has 0 aromatic carbocycles. The molecule has 0 spiro atoms. The predicted molar refractivity (Wildman–Crippen MR) is 89.5 cm³/mol. The second kappa shape index (κ2) is 7.73. The maximum Gasteiger partial charge on any atom is 0.231 e. The molecular formula is C17H23N3O2S. The van der Waals surface area contributed by atoms with Gasteiger partial charge in [0.2, 0.25) is 11.8 Å². The van der Waals surface area contributed by atoms with E-state index in [9.17, 15) is 4.79 Å². The summed E-state index contributed by atoms with van der Waals surface area (Å²) in [5.74, 6) is 1.87. The first-order chi connectivity index (χ1) is 11.3. The van der Waals surface area contributed by atoms with Crippen LogP contribution in [0.25, 0.3) is 0 Å². The number of hydrogen-bond donors (Lipinski definition) is 0. The van der Waals surface area contributed by atoms with E-state index in [4.69, 9.17) is 4.52 Å². The summed E-state index contributed by atoms with van der Waals surface area (Å²) in [6.07, 6.45) is 5.57. The molecule has 1 aliphatic heterocycles. The number of amides is 1. The summed E-state index contributed by atoms with van der Waals surface area (Å²) in [7, 11) is 0. The molecular weight excluding hydrogens is 310 g/mol. The molecule has 2 aromatic heterocycles. The quantitative estimate of drug-likeness (QED) is 0.813. The Hall–Kier alpha value is -1.69. The number of rotatable bonds is 6. The topological polar surface area (TPSA) is 59.2 Å². The van der Waals surface area contributed by atoms with Crippen molar-refractivity contribution >= 4 is 17.2 Å². The Morgan fingerprint density at radius 2 is 2.43 bits per heavy atom. The minimum absolute atomic E-state index is 0.180. The SMILES string of the molecule is CCCCc1noc(C2CCCN(C(=O)Cc3cccs3)C2)n1. The molecule has 1 aliphatic rings. The predicted octanol–water partition coefficient (Wildman–Crippen LogP) is 3.42. The standard InChI is InChI=1S/C17H23N3O2S/c1-2-3-8-15-18-17(22-19-15)13-6-4-9-20(12-13)16(21)11-14-7-5-10-23-14/h5,7,10,13H,2-4,6,8-9,11-12H2,1H3. The number of hydrogen-bond acceptors (Lipinski definition) is 5. The van der Waals surface area contributed by atoms with Gasteiger partial charge in [-0.25, -0.2) is 0 Å². The summed E-state index contributed by atoms with van der Waals surface area (Å²) in [5.41, 5.74) is 0. The van der Waals surface area contributed by atoms with Gasteiger partial charge in [0, 0.05) is 24.4 Å². The van der Waals surface area contributed by atoms with E-state index >= 15 is 0 Å². The molecule has 0 saturated carbocycles. The largest absolute Gasteiger partial charge is 0.342 e. The van der Waals surface area contributed by atoms with Crippen molar-refractivity contribution in [3.63, 3.8) is 0 Å². The number of piperidine rings is 1. The summed E-state index contributed by atoms with van der Waals surface area (Å²) in [5, 5.41) is 6.08. The van der Waals surface area contributed by atoms with Crippen LogP contribution in [0.5, 0.6) is 0 Å². The number of nitrogens with zero attached hydrogens (tertiary/aromatic N) is 3. The summed E-state index contributed by atoms with van der Waals surface area (Å²) in [4.78, 5) is 20.1. The third kappa shape index (κ3) is 4.19. The Morgan fingerprint density at radius 1 is 1.52 bits per heavy atom. The first-order valence-electron chi connectivity index (χ1n) is 8.39. The van der Waals surface area contributed by atoms with E-state index in [1.165, 1.54) is 0 Å². The maximum absolute atomic E-state index is 12.5. The molecule has 1 atom stereocenters. The number of aryl methyl sites for hydroxylation is 1.